The van der Waals surface area contributed by atoms with E-state index in [1.54, 1.807) is 23.3 Å². The predicted molar refractivity (Wildman–Crippen MR) is 87.4 cm³/mol. The Kier molecular flexibility index (Phi) is 4.27. The summed E-state index contributed by atoms with van der Waals surface area (Å²) in [5.74, 6) is 0.927. The van der Waals surface area contributed by atoms with Gasteiger partial charge in [-0.3, -0.25) is 9.78 Å². The van der Waals surface area contributed by atoms with Crippen molar-refractivity contribution >= 4 is 11.7 Å². The maximum absolute atomic E-state index is 12.5. The van der Waals surface area contributed by atoms with Gasteiger partial charge in [0.2, 0.25) is 0 Å². The number of carbonyl (C=O) groups excluding carboxylic acids is 1. The van der Waals surface area contributed by atoms with E-state index >= 15 is 0 Å². The number of amides is 1. The van der Waals surface area contributed by atoms with Crippen LogP contribution < -0.4 is 4.90 Å². The standard InChI is InChI=1S/C16H22N6O/c1-12-9-17-13(2)15(19-12)21-5-4-6-22(8-7-21)16(23)14-10-20(3)11-18-14/h9-11H,4-8H2,1-3H3. The molecular formula is C16H22N6O. The number of rotatable bonds is 2. The number of anilines is 1. The molecule has 0 unspecified atom stereocenters. The van der Waals surface area contributed by atoms with E-state index < -0.39 is 0 Å². The first kappa shape index (κ1) is 15.5. The Labute approximate surface area is 136 Å². The van der Waals surface area contributed by atoms with Crippen LogP contribution in [0.1, 0.15) is 28.3 Å². The summed E-state index contributed by atoms with van der Waals surface area (Å²) >= 11 is 0. The van der Waals surface area contributed by atoms with Crippen molar-refractivity contribution in [1.29, 1.82) is 0 Å². The molecule has 23 heavy (non-hydrogen) atoms. The molecule has 2 aromatic heterocycles. The van der Waals surface area contributed by atoms with Gasteiger partial charge in [-0.15, -0.1) is 0 Å². The molecule has 1 saturated heterocycles. The average molecular weight is 314 g/mol. The van der Waals surface area contributed by atoms with Gasteiger partial charge in [0.05, 0.1) is 17.7 Å². The second-order valence-corrected chi connectivity index (χ2v) is 5.98. The van der Waals surface area contributed by atoms with Gasteiger partial charge < -0.3 is 14.4 Å². The van der Waals surface area contributed by atoms with Crippen LogP contribution in [0.5, 0.6) is 0 Å². The lowest BCUT2D eigenvalue weighted by molar-refractivity contribution is 0.0761. The summed E-state index contributed by atoms with van der Waals surface area (Å²) in [6.07, 6.45) is 6.12. The van der Waals surface area contributed by atoms with Crippen LogP contribution in [0.15, 0.2) is 18.7 Å². The van der Waals surface area contributed by atoms with Crippen LogP contribution in [0, 0.1) is 13.8 Å². The number of hydrogen-bond acceptors (Lipinski definition) is 5. The van der Waals surface area contributed by atoms with Crippen molar-refractivity contribution in [1.82, 2.24) is 24.4 Å². The van der Waals surface area contributed by atoms with Crippen molar-refractivity contribution in [2.45, 2.75) is 20.3 Å². The molecule has 0 radical (unpaired) electrons. The van der Waals surface area contributed by atoms with Gasteiger partial charge in [0, 0.05) is 45.6 Å². The highest BCUT2D eigenvalue weighted by atomic mass is 16.2. The van der Waals surface area contributed by atoms with Gasteiger partial charge in [0.1, 0.15) is 11.5 Å². The second kappa shape index (κ2) is 6.36. The highest BCUT2D eigenvalue weighted by Gasteiger charge is 2.23. The highest BCUT2D eigenvalue weighted by molar-refractivity contribution is 5.92. The van der Waals surface area contributed by atoms with E-state index in [9.17, 15) is 4.79 Å². The number of aryl methyl sites for hydroxylation is 3. The molecule has 7 heteroatoms. The monoisotopic (exact) mass is 314 g/mol. The number of imidazole rings is 1. The first-order valence-electron chi connectivity index (χ1n) is 7.87. The Morgan fingerprint density at radius 1 is 1.13 bits per heavy atom. The highest BCUT2D eigenvalue weighted by Crippen LogP contribution is 2.18. The number of hydrogen-bond donors (Lipinski definition) is 0. The first-order valence-corrected chi connectivity index (χ1v) is 7.87. The largest absolute Gasteiger partial charge is 0.353 e. The lowest BCUT2D eigenvalue weighted by Gasteiger charge is -2.23. The molecule has 0 aliphatic carbocycles. The van der Waals surface area contributed by atoms with Crippen molar-refractivity contribution < 1.29 is 4.79 Å². The van der Waals surface area contributed by atoms with E-state index in [-0.39, 0.29) is 5.91 Å². The molecule has 0 bridgehead atoms. The molecule has 3 rings (SSSR count). The van der Waals surface area contributed by atoms with Gasteiger partial charge in [0.15, 0.2) is 0 Å². The Hall–Kier alpha value is -2.44. The fraction of sp³-hybridized carbons (Fsp3) is 0.500. The molecule has 122 valence electrons. The van der Waals surface area contributed by atoms with Crippen LogP contribution in [-0.2, 0) is 7.05 Å². The fourth-order valence-corrected chi connectivity index (χ4v) is 2.84. The van der Waals surface area contributed by atoms with Crippen LogP contribution in [-0.4, -0.2) is 56.5 Å². The normalized spacial score (nSPS) is 15.6. The lowest BCUT2D eigenvalue weighted by Crippen LogP contribution is -2.35. The number of aromatic nitrogens is 4. The van der Waals surface area contributed by atoms with Crippen LogP contribution in [0.2, 0.25) is 0 Å². The van der Waals surface area contributed by atoms with Crippen molar-refractivity contribution in [2.24, 2.45) is 7.05 Å². The predicted octanol–water partition coefficient (Wildman–Crippen LogP) is 1.18. The third kappa shape index (κ3) is 3.33. The van der Waals surface area contributed by atoms with Crippen molar-refractivity contribution in [3.8, 4) is 0 Å². The minimum absolute atomic E-state index is 0.000464. The van der Waals surface area contributed by atoms with Crippen LogP contribution in [0.25, 0.3) is 0 Å². The molecule has 7 nitrogen and oxygen atoms in total. The molecule has 3 heterocycles. The Morgan fingerprint density at radius 3 is 2.70 bits per heavy atom. The Bertz CT molecular complexity index is 710. The van der Waals surface area contributed by atoms with Crippen molar-refractivity contribution in [3.05, 3.63) is 35.8 Å². The van der Waals surface area contributed by atoms with Gasteiger partial charge in [0.25, 0.3) is 5.91 Å². The van der Waals surface area contributed by atoms with Gasteiger partial charge in [-0.1, -0.05) is 0 Å². The fourth-order valence-electron chi connectivity index (χ4n) is 2.84. The van der Waals surface area contributed by atoms with Gasteiger partial charge in [-0.2, -0.15) is 0 Å². The van der Waals surface area contributed by atoms with Gasteiger partial charge in [-0.05, 0) is 20.3 Å². The first-order chi connectivity index (χ1) is 11.0. The smallest absolute Gasteiger partial charge is 0.274 e. The van der Waals surface area contributed by atoms with Crippen LogP contribution in [0.3, 0.4) is 0 Å². The zero-order chi connectivity index (χ0) is 16.4. The summed E-state index contributed by atoms with van der Waals surface area (Å²) in [5, 5.41) is 0. The summed E-state index contributed by atoms with van der Waals surface area (Å²) in [4.78, 5) is 29.8. The van der Waals surface area contributed by atoms with E-state index in [0.717, 1.165) is 43.3 Å². The topological polar surface area (TPSA) is 67.2 Å². The van der Waals surface area contributed by atoms with E-state index in [4.69, 9.17) is 0 Å². The molecule has 0 atom stereocenters. The van der Waals surface area contributed by atoms with Gasteiger partial charge in [-0.25, -0.2) is 9.97 Å². The lowest BCUT2D eigenvalue weighted by atomic mass is 10.3. The Morgan fingerprint density at radius 2 is 1.96 bits per heavy atom. The minimum Gasteiger partial charge on any atom is -0.353 e. The molecule has 1 fully saturated rings. The maximum Gasteiger partial charge on any atom is 0.274 e. The minimum atomic E-state index is -0.000464. The third-order valence-corrected chi connectivity index (χ3v) is 4.06. The second-order valence-electron chi connectivity index (χ2n) is 5.98. The van der Waals surface area contributed by atoms with E-state index in [0.29, 0.717) is 12.2 Å². The van der Waals surface area contributed by atoms with Gasteiger partial charge >= 0.3 is 0 Å². The number of carbonyl (C=O) groups is 1. The summed E-state index contributed by atoms with van der Waals surface area (Å²) in [5.41, 5.74) is 2.35. The average Bonchev–Trinajstić information content (AvgIpc) is 2.82. The summed E-state index contributed by atoms with van der Waals surface area (Å²) < 4.78 is 1.79. The molecular weight excluding hydrogens is 292 g/mol. The molecule has 1 amide bonds. The third-order valence-electron chi connectivity index (χ3n) is 4.06. The summed E-state index contributed by atoms with van der Waals surface area (Å²) in [6, 6.07) is 0. The molecule has 0 N–H and O–H groups in total. The Balaban J connectivity index is 1.72. The zero-order valence-corrected chi connectivity index (χ0v) is 13.9. The summed E-state index contributed by atoms with van der Waals surface area (Å²) in [6.45, 7) is 6.98. The molecule has 2 aromatic rings. The molecule has 0 aromatic carbocycles. The maximum atomic E-state index is 12.5. The van der Waals surface area contributed by atoms with E-state index in [1.165, 1.54) is 0 Å². The van der Waals surface area contributed by atoms with Crippen molar-refractivity contribution in [2.75, 3.05) is 31.1 Å². The van der Waals surface area contributed by atoms with Crippen LogP contribution in [0.4, 0.5) is 5.82 Å². The number of nitrogens with zero attached hydrogens (tertiary/aromatic N) is 6. The SMILES string of the molecule is Cc1cnc(C)c(N2CCCN(C(=O)c3cn(C)cn3)CC2)n1. The van der Waals surface area contributed by atoms with Crippen molar-refractivity contribution in [3.63, 3.8) is 0 Å². The van der Waals surface area contributed by atoms with Crippen LogP contribution >= 0.6 is 0 Å². The van der Waals surface area contributed by atoms with E-state index in [1.807, 2.05) is 25.8 Å². The molecule has 1 aliphatic heterocycles. The van der Waals surface area contributed by atoms with E-state index in [2.05, 4.69) is 19.9 Å². The quantitative estimate of drug-likeness (QED) is 0.833. The molecule has 1 aliphatic rings. The molecule has 0 saturated carbocycles. The summed E-state index contributed by atoms with van der Waals surface area (Å²) in [7, 11) is 1.87. The zero-order valence-electron chi connectivity index (χ0n) is 13.9. The molecule has 0 spiro atoms.